The van der Waals surface area contributed by atoms with Gasteiger partial charge >= 0.3 is 0 Å². The first-order chi connectivity index (χ1) is 15.0. The van der Waals surface area contributed by atoms with E-state index in [-0.39, 0.29) is 35.6 Å². The number of hydrogen-bond donors (Lipinski definition) is 2. The second-order valence-electron chi connectivity index (χ2n) is 9.02. The fourth-order valence-electron chi connectivity index (χ4n) is 4.09. The summed E-state index contributed by atoms with van der Waals surface area (Å²) >= 11 is 0. The largest absolute Gasteiger partial charge is 0.355 e. The summed E-state index contributed by atoms with van der Waals surface area (Å²) in [5.74, 6) is 1.87. The molecule has 1 atom stereocenters. The lowest BCUT2D eigenvalue weighted by Gasteiger charge is -2.40. The minimum Gasteiger partial charge on any atom is -0.355 e. The summed E-state index contributed by atoms with van der Waals surface area (Å²) in [6.45, 7) is 13.6. The molecular formula is C24H40IN7. The first kappa shape index (κ1) is 26.6. The average molecular weight is 554 g/mol. The third kappa shape index (κ3) is 7.72. The molecule has 2 aromatic rings. The molecule has 0 amide bonds. The fraction of sp³-hybridized carbons (Fsp3) is 0.625. The van der Waals surface area contributed by atoms with E-state index in [1.165, 1.54) is 37.9 Å². The van der Waals surface area contributed by atoms with Crippen molar-refractivity contribution in [2.45, 2.75) is 71.5 Å². The number of aromatic nitrogens is 3. The summed E-state index contributed by atoms with van der Waals surface area (Å²) in [6, 6.07) is 10.7. The predicted molar refractivity (Wildman–Crippen MR) is 143 cm³/mol. The number of benzene rings is 1. The number of guanidine groups is 1. The molecule has 2 N–H and O–H groups in total. The summed E-state index contributed by atoms with van der Waals surface area (Å²) in [6.07, 6.45) is 6.62. The number of aliphatic imine (C=N–C) groups is 1. The highest BCUT2D eigenvalue weighted by Gasteiger charge is 2.27. The van der Waals surface area contributed by atoms with E-state index in [0.29, 0.717) is 0 Å². The Hall–Kier alpha value is -1.68. The van der Waals surface area contributed by atoms with Gasteiger partial charge in [0.05, 0.1) is 12.6 Å². The van der Waals surface area contributed by atoms with Crippen LogP contribution in [0.3, 0.4) is 0 Å². The standard InChI is InChI=1S/C24H39N7.HI/c1-5-22-29-27-19-30(22)17-14-25-23(28-20(2)21-12-8-6-9-13-21)26-18-24(3,4)31-15-10-7-11-16-31;/h6,8-9,12-13,19-20H,5,7,10-11,14-18H2,1-4H3,(H2,25,26,28);1H. The highest BCUT2D eigenvalue weighted by atomic mass is 127. The van der Waals surface area contributed by atoms with Gasteiger partial charge in [-0.25, -0.2) is 0 Å². The Morgan fingerprint density at radius 3 is 2.56 bits per heavy atom. The lowest BCUT2D eigenvalue weighted by molar-refractivity contribution is 0.102. The Morgan fingerprint density at radius 1 is 1.16 bits per heavy atom. The van der Waals surface area contributed by atoms with Crippen LogP contribution in [0.15, 0.2) is 41.7 Å². The van der Waals surface area contributed by atoms with E-state index in [1.54, 1.807) is 6.33 Å². The molecule has 1 aromatic carbocycles. The zero-order valence-electron chi connectivity index (χ0n) is 20.0. The van der Waals surface area contributed by atoms with Crippen LogP contribution in [-0.4, -0.2) is 57.3 Å². The number of nitrogens with zero attached hydrogens (tertiary/aromatic N) is 5. The van der Waals surface area contributed by atoms with Crippen molar-refractivity contribution in [3.63, 3.8) is 0 Å². The van der Waals surface area contributed by atoms with Crippen molar-refractivity contribution in [2.24, 2.45) is 4.99 Å². The Balaban J connectivity index is 0.00000363. The van der Waals surface area contributed by atoms with Crippen LogP contribution in [0.5, 0.6) is 0 Å². The zero-order valence-corrected chi connectivity index (χ0v) is 22.4. The van der Waals surface area contributed by atoms with Crippen LogP contribution >= 0.6 is 24.0 Å². The van der Waals surface area contributed by atoms with Crippen LogP contribution in [0.1, 0.15) is 64.4 Å². The monoisotopic (exact) mass is 553 g/mol. The molecule has 7 nitrogen and oxygen atoms in total. The van der Waals surface area contributed by atoms with Crippen LogP contribution in [0, 0.1) is 0 Å². The molecule has 0 saturated carbocycles. The van der Waals surface area contributed by atoms with Gasteiger partial charge in [0.1, 0.15) is 12.2 Å². The molecule has 8 heteroatoms. The van der Waals surface area contributed by atoms with Gasteiger partial charge < -0.3 is 15.2 Å². The van der Waals surface area contributed by atoms with E-state index in [9.17, 15) is 0 Å². The first-order valence-electron chi connectivity index (χ1n) is 11.7. The third-order valence-electron chi connectivity index (χ3n) is 6.15. The van der Waals surface area contributed by atoms with Crippen LogP contribution in [0.4, 0.5) is 0 Å². The number of halogens is 1. The van der Waals surface area contributed by atoms with Crippen molar-refractivity contribution in [1.82, 2.24) is 30.3 Å². The lowest BCUT2D eigenvalue weighted by atomic mass is 9.99. The summed E-state index contributed by atoms with van der Waals surface area (Å²) in [7, 11) is 0. The molecule has 2 heterocycles. The summed E-state index contributed by atoms with van der Waals surface area (Å²) in [5, 5.41) is 15.3. The second kappa shape index (κ2) is 13.1. The van der Waals surface area contributed by atoms with Crippen molar-refractivity contribution in [1.29, 1.82) is 0 Å². The zero-order chi connectivity index (χ0) is 22.1. The molecule has 1 aromatic heterocycles. The molecule has 0 spiro atoms. The maximum absolute atomic E-state index is 5.01. The Kier molecular flexibility index (Phi) is 10.9. The molecule has 1 unspecified atom stereocenters. The Labute approximate surface area is 210 Å². The van der Waals surface area contributed by atoms with E-state index in [0.717, 1.165) is 37.8 Å². The SMILES string of the molecule is CCc1nncn1CCNC(=NCC(C)(C)N1CCCCC1)NC(C)c1ccccc1.I. The highest BCUT2D eigenvalue weighted by Crippen LogP contribution is 2.21. The lowest BCUT2D eigenvalue weighted by Crippen LogP contribution is -2.50. The Morgan fingerprint density at radius 2 is 1.88 bits per heavy atom. The van der Waals surface area contributed by atoms with Gasteiger partial charge in [-0.15, -0.1) is 34.2 Å². The quantitative estimate of drug-likeness (QED) is 0.279. The van der Waals surface area contributed by atoms with E-state index in [2.05, 4.69) is 88.3 Å². The molecule has 3 rings (SSSR count). The van der Waals surface area contributed by atoms with Gasteiger partial charge in [-0.2, -0.15) is 0 Å². The molecular weight excluding hydrogens is 513 g/mol. The predicted octanol–water partition coefficient (Wildman–Crippen LogP) is 4.02. The van der Waals surface area contributed by atoms with E-state index in [1.807, 2.05) is 0 Å². The van der Waals surface area contributed by atoms with E-state index in [4.69, 9.17) is 4.99 Å². The molecule has 0 aliphatic carbocycles. The van der Waals surface area contributed by atoms with E-state index >= 15 is 0 Å². The maximum atomic E-state index is 5.01. The summed E-state index contributed by atoms with van der Waals surface area (Å²) in [4.78, 5) is 7.60. The maximum Gasteiger partial charge on any atom is 0.191 e. The topological polar surface area (TPSA) is 70.4 Å². The Bertz CT molecular complexity index is 813. The molecule has 1 saturated heterocycles. The van der Waals surface area contributed by atoms with Crippen LogP contribution in [0.2, 0.25) is 0 Å². The normalized spacial score (nSPS) is 16.3. The van der Waals surface area contributed by atoms with Gasteiger partial charge in [-0.1, -0.05) is 43.7 Å². The molecule has 0 bridgehead atoms. The fourth-order valence-corrected chi connectivity index (χ4v) is 4.09. The third-order valence-corrected chi connectivity index (χ3v) is 6.15. The van der Waals surface area contributed by atoms with Gasteiger partial charge in [0.15, 0.2) is 5.96 Å². The molecule has 1 aliphatic rings. The van der Waals surface area contributed by atoms with Crippen molar-refractivity contribution < 1.29 is 0 Å². The molecule has 178 valence electrons. The van der Waals surface area contributed by atoms with Crippen LogP contribution in [-0.2, 0) is 13.0 Å². The molecule has 32 heavy (non-hydrogen) atoms. The molecule has 0 radical (unpaired) electrons. The highest BCUT2D eigenvalue weighted by molar-refractivity contribution is 14.0. The number of aryl methyl sites for hydroxylation is 1. The number of likely N-dealkylation sites (tertiary alicyclic amines) is 1. The summed E-state index contributed by atoms with van der Waals surface area (Å²) < 4.78 is 2.10. The number of rotatable bonds is 9. The van der Waals surface area contributed by atoms with Crippen molar-refractivity contribution in [3.8, 4) is 0 Å². The smallest absolute Gasteiger partial charge is 0.191 e. The minimum absolute atomic E-state index is 0. The first-order valence-corrected chi connectivity index (χ1v) is 11.7. The van der Waals surface area contributed by atoms with Crippen LogP contribution < -0.4 is 10.6 Å². The van der Waals surface area contributed by atoms with Crippen molar-refractivity contribution in [3.05, 3.63) is 48.0 Å². The van der Waals surface area contributed by atoms with Crippen LogP contribution in [0.25, 0.3) is 0 Å². The van der Waals surface area contributed by atoms with Gasteiger partial charge in [-0.3, -0.25) is 9.89 Å². The number of piperidine rings is 1. The van der Waals surface area contributed by atoms with Crippen molar-refractivity contribution >= 4 is 29.9 Å². The van der Waals surface area contributed by atoms with Gasteiger partial charge in [0, 0.05) is 25.0 Å². The van der Waals surface area contributed by atoms with Gasteiger partial charge in [0.25, 0.3) is 0 Å². The van der Waals surface area contributed by atoms with E-state index < -0.39 is 0 Å². The number of nitrogens with one attached hydrogen (secondary N) is 2. The minimum atomic E-state index is 0. The second-order valence-corrected chi connectivity index (χ2v) is 9.02. The molecule has 1 fully saturated rings. The van der Waals surface area contributed by atoms with Crippen molar-refractivity contribution in [2.75, 3.05) is 26.2 Å². The average Bonchev–Trinajstić information content (AvgIpc) is 3.26. The summed E-state index contributed by atoms with van der Waals surface area (Å²) in [5.41, 5.74) is 1.30. The van der Waals surface area contributed by atoms with Gasteiger partial charge in [-0.05, 0) is 52.3 Å². The number of hydrogen-bond acceptors (Lipinski definition) is 4. The van der Waals surface area contributed by atoms with Gasteiger partial charge in [0.2, 0.25) is 0 Å². The molecule has 1 aliphatic heterocycles.